The lowest BCUT2D eigenvalue weighted by molar-refractivity contribution is 0.0676. The summed E-state index contributed by atoms with van der Waals surface area (Å²) in [4.78, 5) is 94.4. The van der Waals surface area contributed by atoms with E-state index >= 15 is 0 Å². The molecule has 0 saturated heterocycles. The summed E-state index contributed by atoms with van der Waals surface area (Å²) in [6, 6.07) is 22.3. The molecule has 6 aromatic rings. The second-order valence-electron chi connectivity index (χ2n) is 14.2. The van der Waals surface area contributed by atoms with Crippen LogP contribution in [0.5, 0.6) is 0 Å². The minimum Gasteiger partial charge on any atom is -0.478 e. The standard InChI is InChI=1S/C52H26O16/c53-45(54)37-15-31(16-38(23-37)46(55)56)5-1-27-9-28(2-6-32-17-39(47(57)58)24-40(18-32)48(59)60)12-35(11-27)36-13-29(3-7-33-19-41(49(61)62)25-42(20-33)50(63)64)10-30(14-36)4-8-34-21-43(51(65)66)26-44(22-34)52(67)68/h9-26H,(H,53,54)(H,55,56)(H,57,58)(H,59,60)(H,61,62)(H,63,64)(H,65,66)(H,67,68). The van der Waals surface area contributed by atoms with E-state index in [1.165, 1.54) is 12.1 Å². The number of rotatable bonds is 9. The quantitative estimate of drug-likeness (QED) is 0.0715. The molecule has 6 aromatic carbocycles. The van der Waals surface area contributed by atoms with E-state index < -0.39 is 47.8 Å². The third-order valence-electron chi connectivity index (χ3n) is 9.31. The van der Waals surface area contributed by atoms with E-state index in [2.05, 4.69) is 47.4 Å². The molecule has 0 aliphatic rings. The summed E-state index contributed by atoms with van der Waals surface area (Å²) in [7, 11) is 0. The van der Waals surface area contributed by atoms with E-state index in [0.717, 1.165) is 72.8 Å². The summed E-state index contributed by atoms with van der Waals surface area (Å²) in [6.07, 6.45) is 0. The third kappa shape index (κ3) is 11.9. The Kier molecular flexibility index (Phi) is 13.6. The van der Waals surface area contributed by atoms with Crippen LogP contribution in [0.2, 0.25) is 0 Å². The van der Waals surface area contributed by atoms with Crippen LogP contribution in [0.4, 0.5) is 0 Å². The first-order valence-electron chi connectivity index (χ1n) is 19.1. The highest BCUT2D eigenvalue weighted by Crippen LogP contribution is 2.26. The summed E-state index contributed by atoms with van der Waals surface area (Å²) in [5, 5.41) is 76.8. The fraction of sp³-hybridized carbons (Fsp3) is 0. The molecule has 0 aromatic heterocycles. The lowest BCUT2D eigenvalue weighted by Gasteiger charge is -2.07. The predicted molar refractivity (Wildman–Crippen MR) is 237 cm³/mol. The first-order chi connectivity index (χ1) is 32.2. The molecule has 0 saturated carbocycles. The number of benzene rings is 6. The van der Waals surface area contributed by atoms with Gasteiger partial charge in [0.05, 0.1) is 44.5 Å². The van der Waals surface area contributed by atoms with Gasteiger partial charge in [0, 0.05) is 44.5 Å². The molecule has 330 valence electrons. The molecule has 0 spiro atoms. The minimum absolute atomic E-state index is 0.0119. The lowest BCUT2D eigenvalue weighted by atomic mass is 9.95. The average Bonchev–Trinajstić information content (AvgIpc) is 3.30. The van der Waals surface area contributed by atoms with Gasteiger partial charge in [-0.2, -0.15) is 0 Å². The smallest absolute Gasteiger partial charge is 0.335 e. The van der Waals surface area contributed by atoms with E-state index in [4.69, 9.17) is 0 Å². The molecule has 0 aliphatic heterocycles. The van der Waals surface area contributed by atoms with Crippen molar-refractivity contribution >= 4 is 47.8 Å². The molecule has 0 bridgehead atoms. The Morgan fingerprint density at radius 3 is 0.471 bits per heavy atom. The zero-order valence-electron chi connectivity index (χ0n) is 34.2. The molecular formula is C52H26O16. The second kappa shape index (κ2) is 19.8. The van der Waals surface area contributed by atoms with Crippen molar-refractivity contribution in [1.29, 1.82) is 0 Å². The van der Waals surface area contributed by atoms with Gasteiger partial charge in [-0.1, -0.05) is 47.4 Å². The second-order valence-corrected chi connectivity index (χ2v) is 14.2. The largest absolute Gasteiger partial charge is 0.478 e. The van der Waals surface area contributed by atoms with Crippen LogP contribution < -0.4 is 0 Å². The molecule has 0 fully saturated rings. The highest BCUT2D eigenvalue weighted by atomic mass is 16.4. The number of carboxylic acid groups (broad SMARTS) is 8. The van der Waals surface area contributed by atoms with Crippen LogP contribution in [0.3, 0.4) is 0 Å². The van der Waals surface area contributed by atoms with Crippen molar-refractivity contribution in [3.05, 3.63) is 198 Å². The number of hydrogen-bond acceptors (Lipinski definition) is 8. The molecular weight excluding hydrogens is 881 g/mol. The van der Waals surface area contributed by atoms with E-state index in [-0.39, 0.29) is 89.0 Å². The summed E-state index contributed by atoms with van der Waals surface area (Å²) >= 11 is 0. The molecule has 0 heterocycles. The Hall–Kier alpha value is -10.7. The van der Waals surface area contributed by atoms with Crippen LogP contribution in [0.15, 0.2) is 109 Å². The Balaban J connectivity index is 1.60. The van der Waals surface area contributed by atoms with Gasteiger partial charge in [-0.25, -0.2) is 38.4 Å². The van der Waals surface area contributed by atoms with Gasteiger partial charge in [0.15, 0.2) is 0 Å². The maximum absolute atomic E-state index is 11.8. The maximum Gasteiger partial charge on any atom is 0.335 e. The minimum atomic E-state index is -1.41. The molecule has 6 rings (SSSR count). The zero-order chi connectivity index (χ0) is 49.4. The predicted octanol–water partition coefficient (Wildman–Crippen LogP) is 6.54. The van der Waals surface area contributed by atoms with Gasteiger partial charge in [0.2, 0.25) is 0 Å². The van der Waals surface area contributed by atoms with Gasteiger partial charge in [-0.05, 0) is 120 Å². The van der Waals surface area contributed by atoms with E-state index in [0.29, 0.717) is 11.1 Å². The summed E-state index contributed by atoms with van der Waals surface area (Å²) < 4.78 is 0. The Morgan fingerprint density at radius 1 is 0.206 bits per heavy atom. The van der Waals surface area contributed by atoms with Crippen molar-refractivity contribution in [1.82, 2.24) is 0 Å². The van der Waals surface area contributed by atoms with Crippen molar-refractivity contribution in [3.8, 4) is 58.5 Å². The van der Waals surface area contributed by atoms with Crippen molar-refractivity contribution in [2.45, 2.75) is 0 Å². The topological polar surface area (TPSA) is 298 Å². The van der Waals surface area contributed by atoms with E-state index in [1.54, 1.807) is 24.3 Å². The van der Waals surface area contributed by atoms with Crippen LogP contribution in [0.1, 0.15) is 127 Å². The highest BCUT2D eigenvalue weighted by molar-refractivity contribution is 5.97. The maximum atomic E-state index is 11.8. The Bertz CT molecular complexity index is 2930. The monoisotopic (exact) mass is 906 g/mol. The number of aromatic carboxylic acids is 8. The van der Waals surface area contributed by atoms with E-state index in [9.17, 15) is 79.2 Å². The normalized spacial score (nSPS) is 9.94. The molecule has 16 nitrogen and oxygen atoms in total. The highest BCUT2D eigenvalue weighted by Gasteiger charge is 2.15. The molecule has 0 amide bonds. The summed E-state index contributed by atoms with van der Waals surface area (Å²) in [5.41, 5.74) is -1.28. The molecule has 8 N–H and O–H groups in total. The molecule has 68 heavy (non-hydrogen) atoms. The van der Waals surface area contributed by atoms with Gasteiger partial charge >= 0.3 is 47.8 Å². The summed E-state index contributed by atoms with van der Waals surface area (Å²) in [6.45, 7) is 0. The number of carbonyl (C=O) groups is 8. The van der Waals surface area contributed by atoms with Gasteiger partial charge in [0.1, 0.15) is 0 Å². The van der Waals surface area contributed by atoms with Crippen LogP contribution in [-0.4, -0.2) is 88.6 Å². The van der Waals surface area contributed by atoms with Gasteiger partial charge < -0.3 is 40.9 Å². The number of hydrogen-bond donors (Lipinski definition) is 8. The van der Waals surface area contributed by atoms with Crippen molar-refractivity contribution in [2.24, 2.45) is 0 Å². The number of carboxylic acids is 8. The first-order valence-corrected chi connectivity index (χ1v) is 19.1. The molecule has 0 aliphatic carbocycles. The zero-order valence-corrected chi connectivity index (χ0v) is 34.2. The van der Waals surface area contributed by atoms with E-state index in [1.807, 2.05) is 0 Å². The Labute approximate surface area is 382 Å². The average molecular weight is 907 g/mol. The van der Waals surface area contributed by atoms with Crippen LogP contribution in [0.25, 0.3) is 11.1 Å². The van der Waals surface area contributed by atoms with Crippen molar-refractivity contribution in [2.75, 3.05) is 0 Å². The molecule has 0 atom stereocenters. The van der Waals surface area contributed by atoms with Gasteiger partial charge in [0.25, 0.3) is 0 Å². The third-order valence-corrected chi connectivity index (χ3v) is 9.31. The summed E-state index contributed by atoms with van der Waals surface area (Å²) in [5.74, 6) is 11.2. The lowest BCUT2D eigenvalue weighted by Crippen LogP contribution is -2.03. The SMILES string of the molecule is O=C(O)c1cc(C#Cc2cc(C#Cc3cc(C(=O)O)cc(C(=O)O)c3)cc(-c3cc(C#Cc4cc(C(=O)O)cc(C(=O)O)c4)cc(C#Cc4cc(C(=O)O)cc(C(=O)O)c4)c3)c2)cc(C(=O)O)c1. The van der Waals surface area contributed by atoms with Crippen molar-refractivity contribution < 1.29 is 79.2 Å². The van der Waals surface area contributed by atoms with Gasteiger partial charge in [-0.15, -0.1) is 0 Å². The molecule has 16 heteroatoms. The fourth-order valence-corrected chi connectivity index (χ4v) is 6.24. The fourth-order valence-electron chi connectivity index (χ4n) is 6.24. The molecule has 0 unspecified atom stereocenters. The first kappa shape index (κ1) is 46.8. The van der Waals surface area contributed by atoms with Gasteiger partial charge in [-0.3, -0.25) is 0 Å². The van der Waals surface area contributed by atoms with Crippen molar-refractivity contribution in [3.63, 3.8) is 0 Å². The van der Waals surface area contributed by atoms with Crippen LogP contribution >= 0.6 is 0 Å². The molecule has 0 radical (unpaired) electrons. The Morgan fingerprint density at radius 2 is 0.338 bits per heavy atom. The van der Waals surface area contributed by atoms with Crippen LogP contribution in [-0.2, 0) is 0 Å². The van der Waals surface area contributed by atoms with Crippen LogP contribution in [0, 0.1) is 47.4 Å².